The summed E-state index contributed by atoms with van der Waals surface area (Å²) in [5, 5.41) is 9.08. The first-order valence-corrected chi connectivity index (χ1v) is 8.42. The molecule has 0 aromatic heterocycles. The fraction of sp³-hybridized carbons (Fsp3) is 0.538. The van der Waals surface area contributed by atoms with Gasteiger partial charge in [-0.3, -0.25) is 0 Å². The highest BCUT2D eigenvalue weighted by Crippen LogP contribution is 2.23. The van der Waals surface area contributed by atoms with E-state index in [-0.39, 0.29) is 29.0 Å². The Kier molecular flexibility index (Phi) is 6.75. The predicted octanol–water partition coefficient (Wildman–Crippen LogP) is 2.00. The van der Waals surface area contributed by atoms with Crippen molar-refractivity contribution in [3.8, 4) is 0 Å². The van der Waals surface area contributed by atoms with E-state index in [2.05, 4.69) is 4.72 Å². The number of hydrogen-bond donors (Lipinski definition) is 3. The van der Waals surface area contributed by atoms with Crippen molar-refractivity contribution in [1.29, 1.82) is 0 Å². The van der Waals surface area contributed by atoms with E-state index in [0.717, 1.165) is 12.8 Å². The number of benzene rings is 1. The Morgan fingerprint density at radius 3 is 2.65 bits per heavy atom. The molecule has 7 heteroatoms. The number of sulfonamides is 1. The minimum absolute atomic E-state index is 0.0209. The van der Waals surface area contributed by atoms with Crippen LogP contribution < -0.4 is 10.5 Å². The number of aliphatic hydroxyl groups is 1. The van der Waals surface area contributed by atoms with E-state index in [1.165, 1.54) is 18.2 Å². The van der Waals surface area contributed by atoms with Gasteiger partial charge in [0.1, 0.15) is 4.90 Å². The van der Waals surface area contributed by atoms with Crippen molar-refractivity contribution in [3.63, 3.8) is 0 Å². The zero-order chi connectivity index (χ0) is 15.2. The van der Waals surface area contributed by atoms with Crippen molar-refractivity contribution < 1.29 is 13.5 Å². The van der Waals surface area contributed by atoms with Gasteiger partial charge >= 0.3 is 0 Å². The summed E-state index contributed by atoms with van der Waals surface area (Å²) in [6.45, 7) is 2.36. The van der Waals surface area contributed by atoms with Gasteiger partial charge in [0.25, 0.3) is 0 Å². The second-order valence-corrected chi connectivity index (χ2v) is 6.85. The number of hydrogen-bond acceptors (Lipinski definition) is 4. The number of halogens is 1. The van der Waals surface area contributed by atoms with Crippen LogP contribution >= 0.6 is 11.6 Å². The fourth-order valence-electron chi connectivity index (χ4n) is 1.98. The number of nitrogens with two attached hydrogens (primary N) is 1. The summed E-state index contributed by atoms with van der Waals surface area (Å²) in [4.78, 5) is 0.0209. The summed E-state index contributed by atoms with van der Waals surface area (Å²) < 4.78 is 26.9. The Morgan fingerprint density at radius 2 is 2.10 bits per heavy atom. The van der Waals surface area contributed by atoms with Gasteiger partial charge in [0.15, 0.2) is 0 Å². The summed E-state index contributed by atoms with van der Waals surface area (Å²) in [6, 6.07) is 4.30. The first-order valence-electron chi connectivity index (χ1n) is 6.56. The second-order valence-electron chi connectivity index (χ2n) is 4.71. The van der Waals surface area contributed by atoms with E-state index in [1.807, 2.05) is 6.92 Å². The molecule has 114 valence electrons. The predicted molar refractivity (Wildman–Crippen MR) is 81.2 cm³/mol. The van der Waals surface area contributed by atoms with Crippen LogP contribution in [-0.2, 0) is 10.0 Å². The molecule has 0 radical (unpaired) electrons. The van der Waals surface area contributed by atoms with Crippen LogP contribution in [-0.4, -0.2) is 26.7 Å². The normalized spacial score (nSPS) is 13.3. The molecule has 0 amide bonds. The Morgan fingerprint density at radius 1 is 1.40 bits per heavy atom. The topological polar surface area (TPSA) is 92.4 Å². The summed E-state index contributed by atoms with van der Waals surface area (Å²) in [7, 11) is -3.66. The summed E-state index contributed by atoms with van der Waals surface area (Å²) in [5.41, 5.74) is 5.96. The standard InChI is InChI=1S/C13H21ClN2O3S/c1-2-3-10(6-7-17)9-16-20(18,19)13-5-4-11(15)8-12(13)14/h4-5,8,10,16-17H,2-3,6-7,9,15H2,1H3. The van der Waals surface area contributed by atoms with Crippen LogP contribution in [0.3, 0.4) is 0 Å². The van der Waals surface area contributed by atoms with Crippen molar-refractivity contribution in [3.05, 3.63) is 23.2 Å². The van der Waals surface area contributed by atoms with Crippen molar-refractivity contribution in [2.75, 3.05) is 18.9 Å². The highest BCUT2D eigenvalue weighted by atomic mass is 35.5. The van der Waals surface area contributed by atoms with Crippen LogP contribution in [0.25, 0.3) is 0 Å². The minimum Gasteiger partial charge on any atom is -0.399 e. The molecule has 1 atom stereocenters. The van der Waals surface area contributed by atoms with Gasteiger partial charge in [0.05, 0.1) is 5.02 Å². The van der Waals surface area contributed by atoms with Gasteiger partial charge in [-0.1, -0.05) is 24.9 Å². The van der Waals surface area contributed by atoms with Gasteiger partial charge in [0.2, 0.25) is 10.0 Å². The van der Waals surface area contributed by atoms with E-state index < -0.39 is 10.0 Å². The van der Waals surface area contributed by atoms with Crippen LogP contribution in [0, 0.1) is 5.92 Å². The number of anilines is 1. The van der Waals surface area contributed by atoms with Crippen molar-refractivity contribution in [2.45, 2.75) is 31.1 Å². The van der Waals surface area contributed by atoms with Crippen LogP contribution in [0.1, 0.15) is 26.2 Å². The van der Waals surface area contributed by atoms with E-state index in [4.69, 9.17) is 22.4 Å². The average molecular weight is 321 g/mol. The SMILES string of the molecule is CCCC(CCO)CNS(=O)(=O)c1ccc(N)cc1Cl. The van der Waals surface area contributed by atoms with Crippen LogP contribution in [0.5, 0.6) is 0 Å². The van der Waals surface area contributed by atoms with Gasteiger partial charge in [-0.15, -0.1) is 0 Å². The zero-order valence-corrected chi connectivity index (χ0v) is 13.0. The molecule has 0 aliphatic heterocycles. The number of nitrogens with one attached hydrogen (secondary N) is 1. The second kappa shape index (κ2) is 7.83. The van der Waals surface area contributed by atoms with E-state index in [0.29, 0.717) is 12.1 Å². The quantitative estimate of drug-likeness (QED) is 0.639. The van der Waals surface area contributed by atoms with Crippen molar-refractivity contribution >= 4 is 27.3 Å². The van der Waals surface area contributed by atoms with Crippen LogP contribution in [0.2, 0.25) is 5.02 Å². The van der Waals surface area contributed by atoms with Gasteiger partial charge in [0, 0.05) is 18.8 Å². The first kappa shape index (κ1) is 17.2. The van der Waals surface area contributed by atoms with Gasteiger partial charge in [-0.25, -0.2) is 13.1 Å². The molecule has 1 aromatic rings. The molecular formula is C13H21ClN2O3S. The molecule has 0 aliphatic carbocycles. The molecule has 20 heavy (non-hydrogen) atoms. The fourth-order valence-corrected chi connectivity index (χ4v) is 3.65. The first-order chi connectivity index (χ1) is 9.40. The van der Waals surface area contributed by atoms with Gasteiger partial charge in [-0.05, 0) is 37.0 Å². The highest BCUT2D eigenvalue weighted by Gasteiger charge is 2.19. The number of aliphatic hydroxyl groups excluding tert-OH is 1. The smallest absolute Gasteiger partial charge is 0.242 e. The lowest BCUT2D eigenvalue weighted by atomic mass is 10.0. The Labute approximate surface area is 125 Å². The third-order valence-corrected chi connectivity index (χ3v) is 4.95. The van der Waals surface area contributed by atoms with E-state index in [1.54, 1.807) is 0 Å². The molecule has 0 saturated heterocycles. The van der Waals surface area contributed by atoms with E-state index >= 15 is 0 Å². The lowest BCUT2D eigenvalue weighted by molar-refractivity contribution is 0.251. The summed E-state index contributed by atoms with van der Waals surface area (Å²) in [6.07, 6.45) is 2.37. The molecule has 1 rings (SSSR count). The zero-order valence-electron chi connectivity index (χ0n) is 11.5. The molecule has 5 nitrogen and oxygen atoms in total. The van der Waals surface area contributed by atoms with Crippen molar-refractivity contribution in [2.24, 2.45) is 5.92 Å². The Hall–Kier alpha value is -0.820. The maximum absolute atomic E-state index is 12.2. The molecule has 1 aromatic carbocycles. The van der Waals surface area contributed by atoms with Crippen LogP contribution in [0.15, 0.2) is 23.1 Å². The number of nitrogen functional groups attached to an aromatic ring is 1. The highest BCUT2D eigenvalue weighted by molar-refractivity contribution is 7.89. The van der Waals surface area contributed by atoms with Crippen LogP contribution in [0.4, 0.5) is 5.69 Å². The average Bonchev–Trinajstić information content (AvgIpc) is 2.36. The summed E-state index contributed by atoms with van der Waals surface area (Å²) in [5.74, 6) is 0.118. The lowest BCUT2D eigenvalue weighted by Crippen LogP contribution is -2.30. The summed E-state index contributed by atoms with van der Waals surface area (Å²) >= 11 is 5.91. The monoisotopic (exact) mass is 320 g/mol. The third-order valence-electron chi connectivity index (χ3n) is 3.04. The number of rotatable bonds is 8. The maximum atomic E-state index is 12.2. The minimum atomic E-state index is -3.66. The molecule has 0 heterocycles. The van der Waals surface area contributed by atoms with E-state index in [9.17, 15) is 8.42 Å². The molecule has 0 bridgehead atoms. The van der Waals surface area contributed by atoms with Gasteiger partial charge < -0.3 is 10.8 Å². The molecule has 0 fully saturated rings. The lowest BCUT2D eigenvalue weighted by Gasteiger charge is -2.16. The Balaban J connectivity index is 2.78. The third kappa shape index (κ3) is 4.94. The molecule has 0 saturated carbocycles. The van der Waals surface area contributed by atoms with Crippen molar-refractivity contribution in [1.82, 2.24) is 4.72 Å². The Bertz CT molecular complexity index is 528. The molecule has 0 aliphatic rings. The van der Waals surface area contributed by atoms with Gasteiger partial charge in [-0.2, -0.15) is 0 Å². The maximum Gasteiger partial charge on any atom is 0.242 e. The molecular weight excluding hydrogens is 300 g/mol. The molecule has 4 N–H and O–H groups in total. The largest absolute Gasteiger partial charge is 0.399 e. The molecule has 1 unspecified atom stereocenters. The molecule has 0 spiro atoms.